The molecule has 0 N–H and O–H groups in total. The Morgan fingerprint density at radius 3 is 2.50 bits per heavy atom. The fourth-order valence-corrected chi connectivity index (χ4v) is 4.12. The molecule has 2 aromatic rings. The van der Waals surface area contributed by atoms with Gasteiger partial charge in [-0.25, -0.2) is 0 Å². The van der Waals surface area contributed by atoms with Crippen LogP contribution in [0.15, 0.2) is 44.7 Å². The molecule has 1 aliphatic carbocycles. The lowest BCUT2D eigenvalue weighted by Crippen LogP contribution is -2.32. The quantitative estimate of drug-likeness (QED) is 0.683. The second-order valence-corrected chi connectivity index (χ2v) is 8.11. The van der Waals surface area contributed by atoms with Gasteiger partial charge in [0.1, 0.15) is 0 Å². The molecule has 1 heterocycles. The van der Waals surface area contributed by atoms with Crippen LogP contribution in [0.3, 0.4) is 0 Å². The van der Waals surface area contributed by atoms with E-state index in [2.05, 4.69) is 44.0 Å². The summed E-state index contributed by atoms with van der Waals surface area (Å²) in [4.78, 5) is 15.5. The highest BCUT2D eigenvalue weighted by atomic mass is 79.9. The van der Waals surface area contributed by atoms with Crippen molar-refractivity contribution in [3.63, 3.8) is 0 Å². The van der Waals surface area contributed by atoms with Crippen molar-refractivity contribution >= 4 is 49.1 Å². The van der Waals surface area contributed by atoms with Gasteiger partial charge in [-0.1, -0.05) is 30.3 Å². The summed E-state index contributed by atoms with van der Waals surface area (Å²) in [5.74, 6) is 0.132. The van der Waals surface area contributed by atoms with Gasteiger partial charge in [0.25, 0.3) is 5.91 Å². The van der Waals surface area contributed by atoms with Gasteiger partial charge < -0.3 is 4.90 Å². The third kappa shape index (κ3) is 3.15. The fourth-order valence-electron chi connectivity index (χ4n) is 2.13. The summed E-state index contributed by atoms with van der Waals surface area (Å²) >= 11 is 8.38. The van der Waals surface area contributed by atoms with E-state index in [1.165, 1.54) is 16.9 Å². The topological polar surface area (TPSA) is 20.3 Å². The van der Waals surface area contributed by atoms with E-state index in [0.717, 1.165) is 26.0 Å². The minimum atomic E-state index is 0.132. The Kier molecular flexibility index (Phi) is 4.29. The van der Waals surface area contributed by atoms with Crippen LogP contribution < -0.4 is 0 Å². The number of halogens is 2. The van der Waals surface area contributed by atoms with E-state index in [4.69, 9.17) is 0 Å². The molecule has 1 amide bonds. The van der Waals surface area contributed by atoms with E-state index in [9.17, 15) is 4.79 Å². The second kappa shape index (κ2) is 6.00. The summed E-state index contributed by atoms with van der Waals surface area (Å²) in [5.41, 5.74) is 1.18. The van der Waals surface area contributed by atoms with E-state index >= 15 is 0 Å². The Balaban J connectivity index is 1.82. The zero-order valence-corrected chi connectivity index (χ0v) is 14.7. The normalized spacial score (nSPS) is 14.3. The maximum Gasteiger partial charge on any atom is 0.264 e. The van der Waals surface area contributed by atoms with Crippen LogP contribution in [0.1, 0.15) is 28.1 Å². The lowest BCUT2D eigenvalue weighted by atomic mass is 10.2. The predicted molar refractivity (Wildman–Crippen MR) is 89.1 cm³/mol. The Morgan fingerprint density at radius 1 is 1.25 bits per heavy atom. The molecule has 0 atom stereocenters. The molecule has 0 saturated heterocycles. The zero-order chi connectivity index (χ0) is 14.1. The second-order valence-electron chi connectivity index (χ2n) is 4.88. The Hall–Kier alpha value is -0.650. The highest BCUT2D eigenvalue weighted by Gasteiger charge is 2.33. The van der Waals surface area contributed by atoms with Crippen molar-refractivity contribution in [2.75, 3.05) is 0 Å². The highest BCUT2D eigenvalue weighted by Crippen LogP contribution is 2.36. The molecule has 104 valence electrons. The van der Waals surface area contributed by atoms with Gasteiger partial charge in [0.15, 0.2) is 0 Å². The van der Waals surface area contributed by atoms with E-state index in [1.54, 1.807) is 0 Å². The van der Waals surface area contributed by atoms with Crippen LogP contribution in [0, 0.1) is 0 Å². The maximum absolute atomic E-state index is 12.7. The Labute approximate surface area is 139 Å². The molecule has 0 aliphatic heterocycles. The summed E-state index contributed by atoms with van der Waals surface area (Å²) in [7, 11) is 0. The van der Waals surface area contributed by atoms with Crippen molar-refractivity contribution < 1.29 is 4.79 Å². The van der Waals surface area contributed by atoms with Crippen molar-refractivity contribution in [2.45, 2.75) is 25.4 Å². The van der Waals surface area contributed by atoms with E-state index in [1.807, 2.05) is 29.2 Å². The molecule has 1 aromatic heterocycles. The van der Waals surface area contributed by atoms with Crippen LogP contribution in [0.4, 0.5) is 0 Å². The van der Waals surface area contributed by atoms with Crippen molar-refractivity contribution in [2.24, 2.45) is 0 Å². The molecular weight excluding hydrogens is 402 g/mol. The largest absolute Gasteiger partial charge is 0.331 e. The SMILES string of the molecule is O=C(c1cc(Br)c(Br)s1)N(Cc1ccccc1)C1CC1. The number of thiophene rings is 1. The summed E-state index contributed by atoms with van der Waals surface area (Å²) in [5, 5.41) is 0. The van der Waals surface area contributed by atoms with Gasteiger partial charge in [-0.05, 0) is 56.3 Å². The highest BCUT2D eigenvalue weighted by molar-refractivity contribution is 9.13. The average Bonchev–Trinajstić information content (AvgIpc) is 3.23. The van der Waals surface area contributed by atoms with Crippen molar-refractivity contribution in [3.05, 3.63) is 55.1 Å². The van der Waals surface area contributed by atoms with Crippen LogP contribution >= 0.6 is 43.2 Å². The van der Waals surface area contributed by atoms with Gasteiger partial charge in [0.2, 0.25) is 0 Å². The Morgan fingerprint density at radius 2 is 1.95 bits per heavy atom. The summed E-state index contributed by atoms with van der Waals surface area (Å²) in [6.07, 6.45) is 2.23. The molecule has 3 rings (SSSR count). The lowest BCUT2D eigenvalue weighted by molar-refractivity contribution is 0.0735. The minimum absolute atomic E-state index is 0.132. The summed E-state index contributed by atoms with van der Waals surface area (Å²) < 4.78 is 1.91. The molecule has 20 heavy (non-hydrogen) atoms. The first-order valence-corrected chi connectivity index (χ1v) is 8.85. The standard InChI is InChI=1S/C15H13Br2NOS/c16-12-8-13(20-14(12)17)15(19)18(11-6-7-11)9-10-4-2-1-3-5-10/h1-5,8,11H,6-7,9H2. The van der Waals surface area contributed by atoms with Gasteiger partial charge in [-0.3, -0.25) is 4.79 Å². The molecule has 2 nitrogen and oxygen atoms in total. The molecule has 0 unspecified atom stereocenters. The predicted octanol–water partition coefficient (Wildman–Crippen LogP) is 5.08. The first-order chi connectivity index (χ1) is 9.65. The maximum atomic E-state index is 12.7. The fraction of sp³-hybridized carbons (Fsp3) is 0.267. The molecule has 1 saturated carbocycles. The van der Waals surface area contributed by atoms with Crippen molar-refractivity contribution in [3.8, 4) is 0 Å². The number of hydrogen-bond acceptors (Lipinski definition) is 2. The van der Waals surface area contributed by atoms with Crippen LogP contribution in [0.2, 0.25) is 0 Å². The lowest BCUT2D eigenvalue weighted by Gasteiger charge is -2.21. The van der Waals surface area contributed by atoms with Gasteiger partial charge in [-0.2, -0.15) is 0 Å². The number of amides is 1. The number of nitrogens with zero attached hydrogens (tertiary/aromatic N) is 1. The summed E-state index contributed by atoms with van der Waals surface area (Å²) in [6.45, 7) is 0.692. The third-order valence-corrected chi connectivity index (χ3v) is 6.54. The van der Waals surface area contributed by atoms with Crippen LogP contribution in [-0.2, 0) is 6.54 Å². The molecular formula is C15H13Br2NOS. The third-order valence-electron chi connectivity index (χ3n) is 3.30. The van der Waals surface area contributed by atoms with Gasteiger partial charge in [0, 0.05) is 17.1 Å². The van der Waals surface area contributed by atoms with E-state index < -0.39 is 0 Å². The van der Waals surface area contributed by atoms with Crippen molar-refractivity contribution in [1.29, 1.82) is 0 Å². The summed E-state index contributed by atoms with van der Waals surface area (Å²) in [6, 6.07) is 12.5. The van der Waals surface area contributed by atoms with Crippen LogP contribution in [0.5, 0.6) is 0 Å². The van der Waals surface area contributed by atoms with E-state index in [0.29, 0.717) is 12.6 Å². The molecule has 1 fully saturated rings. The number of rotatable bonds is 4. The molecule has 0 bridgehead atoms. The number of carbonyl (C=O) groups is 1. The molecule has 1 aliphatic rings. The Bertz CT molecular complexity index is 603. The van der Waals surface area contributed by atoms with Crippen LogP contribution in [-0.4, -0.2) is 16.8 Å². The molecule has 0 spiro atoms. The number of carbonyl (C=O) groups excluding carboxylic acids is 1. The average molecular weight is 415 g/mol. The number of benzene rings is 1. The monoisotopic (exact) mass is 413 g/mol. The zero-order valence-electron chi connectivity index (χ0n) is 10.7. The van der Waals surface area contributed by atoms with Gasteiger partial charge in [-0.15, -0.1) is 11.3 Å². The molecule has 1 aromatic carbocycles. The minimum Gasteiger partial charge on any atom is -0.331 e. The van der Waals surface area contributed by atoms with Crippen molar-refractivity contribution in [1.82, 2.24) is 4.90 Å². The van der Waals surface area contributed by atoms with Gasteiger partial charge in [0.05, 0.1) is 8.66 Å². The number of hydrogen-bond donors (Lipinski definition) is 0. The van der Waals surface area contributed by atoms with E-state index in [-0.39, 0.29) is 5.91 Å². The molecule has 0 radical (unpaired) electrons. The molecule has 5 heteroatoms. The van der Waals surface area contributed by atoms with Crippen LogP contribution in [0.25, 0.3) is 0 Å². The first-order valence-electron chi connectivity index (χ1n) is 6.45. The smallest absolute Gasteiger partial charge is 0.264 e. The van der Waals surface area contributed by atoms with Gasteiger partial charge >= 0.3 is 0 Å². The first kappa shape index (κ1) is 14.3.